The number of ether oxygens (including phenoxy) is 2. The lowest BCUT2D eigenvalue weighted by Crippen LogP contribution is -2.56. The van der Waals surface area contributed by atoms with E-state index >= 15 is 0 Å². The van der Waals surface area contributed by atoms with Crippen LogP contribution in [0, 0.1) is 0 Å². The van der Waals surface area contributed by atoms with Gasteiger partial charge in [-0.15, -0.1) is 11.3 Å². The van der Waals surface area contributed by atoms with Crippen molar-refractivity contribution in [3.05, 3.63) is 53.9 Å². The number of carbonyl (C=O) groups excluding carboxylic acids is 2. The summed E-state index contributed by atoms with van der Waals surface area (Å²) < 4.78 is 10.9. The van der Waals surface area contributed by atoms with Crippen LogP contribution in [0.5, 0.6) is 11.5 Å². The van der Waals surface area contributed by atoms with Crippen molar-refractivity contribution in [1.82, 2.24) is 4.98 Å². The molecule has 1 aliphatic rings. The number of benzene rings is 2. The van der Waals surface area contributed by atoms with Gasteiger partial charge >= 0.3 is 0 Å². The fourth-order valence-electron chi connectivity index (χ4n) is 2.78. The summed E-state index contributed by atoms with van der Waals surface area (Å²) in [4.78, 5) is 29.7. The molecule has 2 amide bonds. The van der Waals surface area contributed by atoms with Crippen LogP contribution in [-0.4, -0.2) is 29.5 Å². The maximum atomic E-state index is 12.8. The van der Waals surface area contributed by atoms with Gasteiger partial charge in [0.2, 0.25) is 0 Å². The van der Waals surface area contributed by atoms with Crippen LogP contribution < -0.4 is 20.1 Å². The highest BCUT2D eigenvalue weighted by Gasteiger charge is 2.47. The van der Waals surface area contributed by atoms with E-state index in [0.717, 1.165) is 11.3 Å². The van der Waals surface area contributed by atoms with Crippen molar-refractivity contribution in [2.24, 2.45) is 0 Å². The summed E-state index contributed by atoms with van der Waals surface area (Å²) >= 11 is 1.26. The van der Waals surface area contributed by atoms with Crippen LogP contribution in [0.15, 0.2) is 53.9 Å². The quantitative estimate of drug-likeness (QED) is 0.660. The van der Waals surface area contributed by atoms with Gasteiger partial charge in [-0.25, -0.2) is 4.98 Å². The van der Waals surface area contributed by atoms with Crippen LogP contribution in [0.4, 0.5) is 10.8 Å². The normalized spacial score (nSPS) is 17.9. The Bertz CT molecular complexity index is 1060. The van der Waals surface area contributed by atoms with Crippen molar-refractivity contribution in [2.75, 3.05) is 17.7 Å². The van der Waals surface area contributed by atoms with Crippen LogP contribution >= 0.6 is 11.3 Å². The summed E-state index contributed by atoms with van der Waals surface area (Å²) in [5, 5.41) is 7.59. The van der Waals surface area contributed by atoms with Gasteiger partial charge in [-0.1, -0.05) is 24.3 Å². The van der Waals surface area contributed by atoms with E-state index in [1.807, 2.05) is 29.6 Å². The lowest BCUT2D eigenvalue weighted by Gasteiger charge is -2.32. The molecule has 2 N–H and O–H groups in total. The molecule has 28 heavy (non-hydrogen) atoms. The Morgan fingerprint density at radius 2 is 2.07 bits per heavy atom. The molecule has 2 aromatic carbocycles. The van der Waals surface area contributed by atoms with E-state index in [1.165, 1.54) is 18.3 Å². The summed E-state index contributed by atoms with van der Waals surface area (Å²) in [5.74, 6) is 0.0322. The average Bonchev–Trinajstić information content (AvgIpc) is 3.17. The number of anilines is 2. The van der Waals surface area contributed by atoms with Crippen molar-refractivity contribution in [3.8, 4) is 22.8 Å². The number of carbonyl (C=O) groups is 2. The van der Waals surface area contributed by atoms with Crippen molar-refractivity contribution < 1.29 is 19.1 Å². The van der Waals surface area contributed by atoms with Gasteiger partial charge in [-0.2, -0.15) is 0 Å². The maximum absolute atomic E-state index is 12.8. The topological polar surface area (TPSA) is 89.5 Å². The molecule has 0 aliphatic carbocycles. The molecule has 2 heterocycles. The number of nitrogens with one attached hydrogen (secondary N) is 2. The number of hydrogen-bond acceptors (Lipinski definition) is 6. The molecule has 1 unspecified atom stereocenters. The highest BCUT2D eigenvalue weighted by atomic mass is 32.1. The number of nitrogens with zero attached hydrogens (tertiary/aromatic N) is 1. The Balaban J connectivity index is 1.54. The SMILES string of the molecule is COc1cccc(-c2csc(NC(=O)C3(C)Oc4ccccc4NC3=O)n2)c1. The molecule has 1 atom stereocenters. The van der Waals surface area contributed by atoms with Crippen molar-refractivity contribution in [3.63, 3.8) is 0 Å². The molecular weight excluding hydrogens is 378 g/mol. The van der Waals surface area contributed by atoms with Crippen LogP contribution in [0.25, 0.3) is 11.3 Å². The molecule has 0 spiro atoms. The zero-order valence-corrected chi connectivity index (χ0v) is 16.0. The van der Waals surface area contributed by atoms with Gasteiger partial charge in [-0.3, -0.25) is 14.9 Å². The highest BCUT2D eigenvalue weighted by molar-refractivity contribution is 7.14. The van der Waals surface area contributed by atoms with Gasteiger partial charge in [0.1, 0.15) is 11.5 Å². The zero-order valence-electron chi connectivity index (χ0n) is 15.2. The number of rotatable bonds is 4. The number of para-hydroxylation sites is 2. The van der Waals surface area contributed by atoms with Crippen molar-refractivity contribution in [2.45, 2.75) is 12.5 Å². The zero-order chi connectivity index (χ0) is 19.7. The van der Waals surface area contributed by atoms with E-state index in [-0.39, 0.29) is 0 Å². The molecule has 1 aromatic heterocycles. The third-order valence-electron chi connectivity index (χ3n) is 4.41. The smallest absolute Gasteiger partial charge is 0.280 e. The first kappa shape index (κ1) is 18.0. The second-order valence-electron chi connectivity index (χ2n) is 6.31. The second-order valence-corrected chi connectivity index (χ2v) is 7.17. The van der Waals surface area contributed by atoms with E-state index in [2.05, 4.69) is 15.6 Å². The maximum Gasteiger partial charge on any atom is 0.280 e. The number of fused-ring (bicyclic) bond motifs is 1. The molecule has 8 heteroatoms. The number of aromatic nitrogens is 1. The van der Waals surface area contributed by atoms with Crippen LogP contribution in [-0.2, 0) is 9.59 Å². The third-order valence-corrected chi connectivity index (χ3v) is 5.16. The average molecular weight is 395 g/mol. The Morgan fingerprint density at radius 1 is 1.25 bits per heavy atom. The first-order valence-corrected chi connectivity index (χ1v) is 9.38. The third kappa shape index (κ3) is 3.18. The molecule has 0 radical (unpaired) electrons. The summed E-state index contributed by atoms with van der Waals surface area (Å²) in [6.07, 6.45) is 0. The van der Waals surface area contributed by atoms with Crippen LogP contribution in [0.3, 0.4) is 0 Å². The molecule has 142 valence electrons. The molecule has 0 bridgehead atoms. The highest BCUT2D eigenvalue weighted by Crippen LogP contribution is 2.34. The largest absolute Gasteiger partial charge is 0.497 e. The number of hydrogen-bond donors (Lipinski definition) is 2. The van der Waals surface area contributed by atoms with E-state index in [9.17, 15) is 9.59 Å². The fourth-order valence-corrected chi connectivity index (χ4v) is 3.49. The standard InChI is InChI=1S/C20H17N3O4S/c1-20(17(24)21-14-8-3-4-9-16(14)27-20)18(25)23-19-22-15(11-28-19)12-6-5-7-13(10-12)26-2/h3-11H,1-2H3,(H,21,24)(H,22,23,25). The molecule has 0 fully saturated rings. The molecule has 7 nitrogen and oxygen atoms in total. The van der Waals surface area contributed by atoms with Gasteiger partial charge < -0.3 is 14.8 Å². The number of methoxy groups -OCH3 is 1. The van der Waals surface area contributed by atoms with Crippen LogP contribution in [0.2, 0.25) is 0 Å². The summed E-state index contributed by atoms with van der Waals surface area (Å²) in [5.41, 5.74) is 0.398. The first-order valence-electron chi connectivity index (χ1n) is 8.50. The molecule has 3 aromatic rings. The minimum atomic E-state index is -1.70. The molecule has 1 aliphatic heterocycles. The minimum absolute atomic E-state index is 0.374. The molecule has 4 rings (SSSR count). The van der Waals surface area contributed by atoms with Gasteiger partial charge in [0.15, 0.2) is 5.13 Å². The van der Waals surface area contributed by atoms with E-state index in [4.69, 9.17) is 9.47 Å². The fraction of sp³-hybridized carbons (Fsp3) is 0.150. The molecule has 0 saturated heterocycles. The van der Waals surface area contributed by atoms with Crippen LogP contribution in [0.1, 0.15) is 6.92 Å². The lowest BCUT2D eigenvalue weighted by molar-refractivity contribution is -0.143. The monoisotopic (exact) mass is 395 g/mol. The predicted octanol–water partition coefficient (Wildman–Crippen LogP) is 3.55. The Morgan fingerprint density at radius 3 is 2.89 bits per heavy atom. The Kier molecular flexibility index (Phi) is 4.48. The van der Waals surface area contributed by atoms with Gasteiger partial charge in [-0.05, 0) is 31.2 Å². The summed E-state index contributed by atoms with van der Waals surface area (Å²) in [6.45, 7) is 1.43. The van der Waals surface area contributed by atoms with Gasteiger partial charge in [0.25, 0.3) is 17.4 Å². The summed E-state index contributed by atoms with van der Waals surface area (Å²) in [7, 11) is 1.60. The van der Waals surface area contributed by atoms with E-state index in [0.29, 0.717) is 22.3 Å². The number of amides is 2. The van der Waals surface area contributed by atoms with Gasteiger partial charge in [0.05, 0.1) is 18.5 Å². The predicted molar refractivity (Wildman–Crippen MR) is 107 cm³/mol. The molecular formula is C20H17N3O4S. The van der Waals surface area contributed by atoms with Crippen molar-refractivity contribution >= 4 is 34.0 Å². The minimum Gasteiger partial charge on any atom is -0.497 e. The number of thiazole rings is 1. The van der Waals surface area contributed by atoms with Gasteiger partial charge in [0, 0.05) is 10.9 Å². The Labute approximate surface area is 165 Å². The lowest BCUT2D eigenvalue weighted by atomic mass is 10.0. The molecule has 0 saturated carbocycles. The first-order chi connectivity index (χ1) is 13.5. The van der Waals surface area contributed by atoms with E-state index < -0.39 is 17.4 Å². The second kappa shape index (κ2) is 6.97. The van der Waals surface area contributed by atoms with Crippen molar-refractivity contribution in [1.29, 1.82) is 0 Å². The summed E-state index contributed by atoms with van der Waals surface area (Å²) in [6, 6.07) is 14.4. The van der Waals surface area contributed by atoms with E-state index in [1.54, 1.807) is 31.4 Å². The Hall–Kier alpha value is -3.39.